The number of nitrogens with zero attached hydrogens (tertiary/aromatic N) is 3. The minimum Gasteiger partial charge on any atom is -0.352 e. The molecule has 1 amide bonds. The van der Waals surface area contributed by atoms with Crippen molar-refractivity contribution in [3.63, 3.8) is 0 Å². The molecule has 0 radical (unpaired) electrons. The third-order valence-electron chi connectivity index (χ3n) is 6.56. The minimum absolute atomic E-state index is 0.106. The van der Waals surface area contributed by atoms with Crippen LogP contribution < -0.4 is 5.32 Å². The molecule has 164 valence electrons. The summed E-state index contributed by atoms with van der Waals surface area (Å²) in [6.45, 7) is 0. The third kappa shape index (κ3) is 3.75. The van der Waals surface area contributed by atoms with Gasteiger partial charge in [-0.2, -0.15) is 5.10 Å². The van der Waals surface area contributed by atoms with Crippen LogP contribution in [0.2, 0.25) is 0 Å². The molecule has 0 aliphatic heterocycles. The van der Waals surface area contributed by atoms with Crippen molar-refractivity contribution in [1.29, 1.82) is 0 Å². The second-order valence-electron chi connectivity index (χ2n) is 8.76. The van der Waals surface area contributed by atoms with Crippen LogP contribution >= 0.6 is 0 Å². The number of H-pyrrole nitrogens is 2. The van der Waals surface area contributed by atoms with E-state index in [0.717, 1.165) is 75.7 Å². The number of aromatic amines is 2. The number of aromatic nitrogens is 5. The van der Waals surface area contributed by atoms with Gasteiger partial charge in [0.25, 0.3) is 0 Å². The highest BCUT2D eigenvalue weighted by molar-refractivity contribution is 5.98. The summed E-state index contributed by atoms with van der Waals surface area (Å²) in [6, 6.07) is 12.2. The lowest BCUT2D eigenvalue weighted by molar-refractivity contribution is -0.120. The van der Waals surface area contributed by atoms with E-state index < -0.39 is 0 Å². The fourth-order valence-electron chi connectivity index (χ4n) is 4.77. The molecule has 1 saturated carbocycles. The first-order valence-electron chi connectivity index (χ1n) is 11.4. The Morgan fingerprint density at radius 1 is 0.909 bits per heavy atom. The van der Waals surface area contributed by atoms with Crippen LogP contribution in [0.3, 0.4) is 0 Å². The number of benzene rings is 1. The van der Waals surface area contributed by atoms with Crippen molar-refractivity contribution in [3.05, 3.63) is 61.2 Å². The second-order valence-corrected chi connectivity index (χ2v) is 8.76. The quantitative estimate of drug-likeness (QED) is 0.337. The first-order valence-corrected chi connectivity index (χ1v) is 11.4. The number of amides is 1. The van der Waals surface area contributed by atoms with Crippen LogP contribution in [0.4, 0.5) is 5.69 Å². The summed E-state index contributed by atoms with van der Waals surface area (Å²) >= 11 is 0. The molecule has 4 heterocycles. The van der Waals surface area contributed by atoms with E-state index in [4.69, 9.17) is 0 Å². The molecule has 1 aliphatic carbocycles. The molecule has 0 spiro atoms. The summed E-state index contributed by atoms with van der Waals surface area (Å²) in [5.41, 5.74) is 6.44. The van der Waals surface area contributed by atoms with Gasteiger partial charge < -0.3 is 10.3 Å². The topological polar surface area (TPSA) is 99.3 Å². The number of carbonyl (C=O) groups excluding carboxylic acids is 1. The monoisotopic (exact) mass is 436 g/mol. The first kappa shape index (κ1) is 19.7. The van der Waals surface area contributed by atoms with Crippen LogP contribution in [0.15, 0.2) is 61.2 Å². The molecule has 0 bridgehead atoms. The molecular formula is C26H24N6O. The number of anilines is 1. The van der Waals surface area contributed by atoms with Crippen LogP contribution in [-0.4, -0.2) is 31.1 Å². The fraction of sp³-hybridized carbons (Fsp3) is 0.231. The Morgan fingerprint density at radius 2 is 1.82 bits per heavy atom. The zero-order valence-corrected chi connectivity index (χ0v) is 18.1. The molecule has 1 aliphatic rings. The zero-order valence-electron chi connectivity index (χ0n) is 18.1. The third-order valence-corrected chi connectivity index (χ3v) is 6.56. The summed E-state index contributed by atoms with van der Waals surface area (Å²) in [5.74, 6) is 0.216. The highest BCUT2D eigenvalue weighted by Gasteiger charge is 2.21. The molecule has 5 aromatic rings. The molecule has 0 saturated heterocycles. The van der Waals surface area contributed by atoms with Crippen LogP contribution in [-0.2, 0) is 4.79 Å². The Morgan fingerprint density at radius 3 is 2.70 bits per heavy atom. The first-order chi connectivity index (χ1) is 16.2. The van der Waals surface area contributed by atoms with Crippen molar-refractivity contribution in [1.82, 2.24) is 25.1 Å². The summed E-state index contributed by atoms with van der Waals surface area (Å²) in [7, 11) is 0. The molecule has 0 atom stereocenters. The van der Waals surface area contributed by atoms with Gasteiger partial charge in [-0.25, -0.2) is 0 Å². The number of carbonyl (C=O) groups is 1. The van der Waals surface area contributed by atoms with Crippen molar-refractivity contribution in [2.45, 2.75) is 32.1 Å². The van der Waals surface area contributed by atoms with Gasteiger partial charge in [0.15, 0.2) is 0 Å². The number of hydrogen-bond donors (Lipinski definition) is 3. The van der Waals surface area contributed by atoms with Crippen LogP contribution in [0, 0.1) is 5.92 Å². The Bertz CT molecular complexity index is 1430. The van der Waals surface area contributed by atoms with Gasteiger partial charge >= 0.3 is 0 Å². The highest BCUT2D eigenvalue weighted by Crippen LogP contribution is 2.32. The SMILES string of the molecule is O=C(Nc1cncc(-c2ccc3[nH]nc(-c4cc5ccncc5[nH]4)c3c2)c1)C1CCCCC1. The number of pyridine rings is 2. The predicted octanol–water partition coefficient (Wildman–Crippen LogP) is 5.69. The zero-order chi connectivity index (χ0) is 22.2. The lowest BCUT2D eigenvalue weighted by Gasteiger charge is -2.20. The predicted molar refractivity (Wildman–Crippen MR) is 130 cm³/mol. The van der Waals surface area contributed by atoms with Gasteiger partial charge in [0.2, 0.25) is 5.91 Å². The van der Waals surface area contributed by atoms with Gasteiger partial charge in [-0.3, -0.25) is 19.9 Å². The average molecular weight is 437 g/mol. The van der Waals surface area contributed by atoms with E-state index >= 15 is 0 Å². The normalized spacial score (nSPS) is 14.7. The van der Waals surface area contributed by atoms with E-state index in [2.05, 4.69) is 42.6 Å². The van der Waals surface area contributed by atoms with E-state index in [1.807, 2.05) is 36.7 Å². The molecule has 6 rings (SSSR count). The van der Waals surface area contributed by atoms with Gasteiger partial charge in [0, 0.05) is 34.6 Å². The minimum atomic E-state index is 0.106. The number of fused-ring (bicyclic) bond motifs is 2. The van der Waals surface area contributed by atoms with Gasteiger partial charge in [0.1, 0.15) is 5.69 Å². The maximum absolute atomic E-state index is 12.7. The van der Waals surface area contributed by atoms with Gasteiger partial charge in [-0.1, -0.05) is 25.3 Å². The highest BCUT2D eigenvalue weighted by atomic mass is 16.1. The molecule has 7 nitrogen and oxygen atoms in total. The lowest BCUT2D eigenvalue weighted by atomic mass is 9.88. The summed E-state index contributed by atoms with van der Waals surface area (Å²) in [5, 5.41) is 12.9. The van der Waals surface area contributed by atoms with Crippen molar-refractivity contribution in [2.75, 3.05) is 5.32 Å². The van der Waals surface area contributed by atoms with E-state index in [9.17, 15) is 4.79 Å². The van der Waals surface area contributed by atoms with Crippen molar-refractivity contribution in [3.8, 4) is 22.5 Å². The number of nitrogens with one attached hydrogen (secondary N) is 3. The molecule has 33 heavy (non-hydrogen) atoms. The summed E-state index contributed by atoms with van der Waals surface area (Å²) < 4.78 is 0. The molecule has 3 N–H and O–H groups in total. The molecular weight excluding hydrogens is 412 g/mol. The molecule has 0 unspecified atom stereocenters. The van der Waals surface area contributed by atoms with Crippen LogP contribution in [0.1, 0.15) is 32.1 Å². The Balaban J connectivity index is 1.32. The van der Waals surface area contributed by atoms with Crippen LogP contribution in [0.5, 0.6) is 0 Å². The van der Waals surface area contributed by atoms with Gasteiger partial charge in [-0.15, -0.1) is 0 Å². The summed E-state index contributed by atoms with van der Waals surface area (Å²) in [4.78, 5) is 24.6. The van der Waals surface area contributed by atoms with E-state index in [-0.39, 0.29) is 11.8 Å². The molecule has 4 aromatic heterocycles. The van der Waals surface area contributed by atoms with E-state index in [0.29, 0.717) is 0 Å². The van der Waals surface area contributed by atoms with E-state index in [1.54, 1.807) is 12.4 Å². The van der Waals surface area contributed by atoms with Crippen molar-refractivity contribution in [2.24, 2.45) is 5.92 Å². The van der Waals surface area contributed by atoms with Gasteiger partial charge in [0.05, 0.1) is 34.8 Å². The Labute approximate surface area is 190 Å². The lowest BCUT2D eigenvalue weighted by Crippen LogP contribution is -2.24. The Hall–Kier alpha value is -4.00. The standard InChI is InChI=1S/C26H24N6O/c33-26(16-4-2-1-3-5-16)29-20-10-19(13-28-14-20)17-6-7-22-21(11-17)25(32-31-22)23-12-18-8-9-27-15-24(18)30-23/h6-16,30H,1-5H2,(H,29,33)(H,31,32). The number of rotatable bonds is 4. The molecule has 1 aromatic carbocycles. The molecule has 1 fully saturated rings. The number of hydrogen-bond acceptors (Lipinski definition) is 4. The fourth-order valence-corrected chi connectivity index (χ4v) is 4.77. The van der Waals surface area contributed by atoms with E-state index in [1.165, 1.54) is 6.42 Å². The maximum Gasteiger partial charge on any atom is 0.227 e. The second kappa shape index (κ2) is 8.16. The average Bonchev–Trinajstić information content (AvgIpc) is 3.48. The maximum atomic E-state index is 12.7. The van der Waals surface area contributed by atoms with Gasteiger partial charge in [-0.05, 0) is 48.7 Å². The largest absolute Gasteiger partial charge is 0.352 e. The smallest absolute Gasteiger partial charge is 0.227 e. The Kier molecular flexibility index (Phi) is 4.87. The van der Waals surface area contributed by atoms with Crippen LogP contribution in [0.25, 0.3) is 44.3 Å². The summed E-state index contributed by atoms with van der Waals surface area (Å²) in [6.07, 6.45) is 12.6. The molecule has 7 heteroatoms. The van der Waals surface area contributed by atoms with Crippen molar-refractivity contribution >= 4 is 33.4 Å². The van der Waals surface area contributed by atoms with Crippen molar-refractivity contribution < 1.29 is 4.79 Å².